The minimum Gasteiger partial charge on any atom is -0.550 e. The van der Waals surface area contributed by atoms with Crippen molar-refractivity contribution in [3.8, 4) is 0 Å². The topological polar surface area (TPSA) is 100 Å². The Morgan fingerprint density at radius 3 is 1.63 bits per heavy atom. The standard InChI is InChI=1S/C8H18O.C4H6O4.2Na/c1-8(2)6-4-3-5-7-9;5-3(6)1-2-4(7)8;;/h8-9H,3-7H2,1-2H3;1-2H2,(H,5,6)(H,7,8);;/q;;2*+1/p-2. The van der Waals surface area contributed by atoms with Crippen molar-refractivity contribution in [3.63, 3.8) is 0 Å². The van der Waals surface area contributed by atoms with E-state index in [0.717, 1.165) is 12.3 Å². The van der Waals surface area contributed by atoms with Gasteiger partial charge in [0.2, 0.25) is 0 Å². The van der Waals surface area contributed by atoms with E-state index in [1.54, 1.807) is 0 Å². The van der Waals surface area contributed by atoms with Crippen molar-refractivity contribution in [3.05, 3.63) is 0 Å². The molecule has 5 nitrogen and oxygen atoms in total. The van der Waals surface area contributed by atoms with Crippen molar-refractivity contribution in [2.75, 3.05) is 6.61 Å². The Balaban J connectivity index is -0.000000108. The maximum Gasteiger partial charge on any atom is 1.00 e. The van der Waals surface area contributed by atoms with Crippen LogP contribution in [0.25, 0.3) is 0 Å². The monoisotopic (exact) mass is 292 g/mol. The van der Waals surface area contributed by atoms with Crippen molar-refractivity contribution in [1.29, 1.82) is 0 Å². The number of aliphatic carboxylic acids is 2. The van der Waals surface area contributed by atoms with Crippen LogP contribution in [0.4, 0.5) is 0 Å². The van der Waals surface area contributed by atoms with Gasteiger partial charge < -0.3 is 24.9 Å². The SMILES string of the molecule is CC(C)CCCCCO.O=C([O-])CCC(=O)[O-].[Na+].[Na+]. The maximum atomic E-state index is 9.50. The summed E-state index contributed by atoms with van der Waals surface area (Å²) < 4.78 is 0. The average molecular weight is 292 g/mol. The summed E-state index contributed by atoms with van der Waals surface area (Å²) in [6.07, 6.45) is 3.81. The van der Waals surface area contributed by atoms with Gasteiger partial charge in [-0.15, -0.1) is 0 Å². The molecule has 0 rings (SSSR count). The fraction of sp³-hybridized carbons (Fsp3) is 0.833. The molecule has 0 amide bonds. The van der Waals surface area contributed by atoms with Gasteiger partial charge in [0.15, 0.2) is 0 Å². The van der Waals surface area contributed by atoms with E-state index < -0.39 is 24.8 Å². The molecule has 0 bridgehead atoms. The third-order valence-electron chi connectivity index (χ3n) is 1.97. The van der Waals surface area contributed by atoms with Crippen LogP contribution in [0.5, 0.6) is 0 Å². The molecule has 0 atom stereocenters. The third kappa shape index (κ3) is 38.1. The Morgan fingerprint density at radius 1 is 0.947 bits per heavy atom. The second-order valence-electron chi connectivity index (χ2n) is 4.21. The van der Waals surface area contributed by atoms with Crippen LogP contribution in [0.15, 0.2) is 0 Å². The number of aliphatic hydroxyl groups excluding tert-OH is 1. The van der Waals surface area contributed by atoms with Crippen LogP contribution in [0, 0.1) is 5.92 Å². The number of carboxylic acids is 2. The van der Waals surface area contributed by atoms with Crippen molar-refractivity contribution in [1.82, 2.24) is 0 Å². The van der Waals surface area contributed by atoms with Gasteiger partial charge in [-0.2, -0.15) is 0 Å². The van der Waals surface area contributed by atoms with Gasteiger partial charge in [-0.05, 0) is 25.2 Å². The molecule has 0 aromatic carbocycles. The maximum absolute atomic E-state index is 9.50. The van der Waals surface area contributed by atoms with Crippen molar-refractivity contribution in [2.24, 2.45) is 5.92 Å². The molecule has 102 valence electrons. The molecule has 19 heavy (non-hydrogen) atoms. The number of carbonyl (C=O) groups is 2. The first-order chi connectivity index (χ1) is 7.90. The van der Waals surface area contributed by atoms with E-state index >= 15 is 0 Å². The number of carboxylic acid groups (broad SMARTS) is 2. The Labute approximate surface area is 159 Å². The van der Waals surface area contributed by atoms with Gasteiger partial charge in [-0.1, -0.05) is 33.1 Å². The minimum atomic E-state index is -1.37. The molecule has 0 aromatic rings. The molecule has 0 radical (unpaired) electrons. The molecule has 0 aliphatic carbocycles. The van der Waals surface area contributed by atoms with Crippen molar-refractivity contribution >= 4 is 11.9 Å². The van der Waals surface area contributed by atoms with Gasteiger partial charge in [0.05, 0.1) is 0 Å². The summed E-state index contributed by atoms with van der Waals surface area (Å²) in [4.78, 5) is 19.0. The summed E-state index contributed by atoms with van der Waals surface area (Å²) in [5.74, 6) is -1.91. The second-order valence-corrected chi connectivity index (χ2v) is 4.21. The fourth-order valence-corrected chi connectivity index (χ4v) is 1.05. The van der Waals surface area contributed by atoms with E-state index in [9.17, 15) is 19.8 Å². The number of rotatable bonds is 8. The molecule has 1 N–H and O–H groups in total. The van der Waals surface area contributed by atoms with Gasteiger partial charge in [0.25, 0.3) is 0 Å². The molecule has 0 aliphatic heterocycles. The summed E-state index contributed by atoms with van der Waals surface area (Å²) in [5, 5.41) is 27.4. The number of hydrogen-bond acceptors (Lipinski definition) is 5. The van der Waals surface area contributed by atoms with E-state index in [4.69, 9.17) is 5.11 Å². The normalized spacial score (nSPS) is 8.63. The quantitative estimate of drug-likeness (QED) is 0.354. The zero-order valence-corrected chi connectivity index (χ0v) is 16.6. The first-order valence-corrected chi connectivity index (χ1v) is 5.90. The van der Waals surface area contributed by atoms with Gasteiger partial charge in [0, 0.05) is 18.5 Å². The first kappa shape index (κ1) is 28.1. The Morgan fingerprint density at radius 2 is 1.37 bits per heavy atom. The van der Waals surface area contributed by atoms with Crippen LogP contribution in [0.1, 0.15) is 52.4 Å². The third-order valence-corrected chi connectivity index (χ3v) is 1.97. The van der Waals surface area contributed by atoms with Gasteiger partial charge >= 0.3 is 59.1 Å². The van der Waals surface area contributed by atoms with Crippen molar-refractivity contribution < 1.29 is 84.0 Å². The number of aliphatic hydroxyl groups is 1. The Kier molecular flexibility index (Phi) is 31.4. The molecule has 0 aromatic heterocycles. The van der Waals surface area contributed by atoms with E-state index in [1.165, 1.54) is 19.3 Å². The fourth-order valence-electron chi connectivity index (χ4n) is 1.05. The molecule has 0 fully saturated rings. The van der Waals surface area contributed by atoms with Crippen molar-refractivity contribution in [2.45, 2.75) is 52.4 Å². The van der Waals surface area contributed by atoms with Gasteiger partial charge in [-0.3, -0.25) is 0 Å². The molecule has 0 saturated carbocycles. The molecule has 7 heteroatoms. The van der Waals surface area contributed by atoms with E-state index in [1.807, 2.05) is 0 Å². The zero-order valence-electron chi connectivity index (χ0n) is 12.6. The summed E-state index contributed by atoms with van der Waals surface area (Å²) >= 11 is 0. The van der Waals surface area contributed by atoms with Crippen LogP contribution in [-0.4, -0.2) is 23.7 Å². The van der Waals surface area contributed by atoms with Crippen LogP contribution in [0.3, 0.4) is 0 Å². The Bertz CT molecular complexity index is 196. The minimum absolute atomic E-state index is 0. The predicted octanol–water partition coefficient (Wildman–Crippen LogP) is -6.53. The molecular formula is C12H22Na2O5. The molecule has 0 unspecified atom stereocenters. The number of unbranched alkanes of at least 4 members (excludes halogenated alkanes) is 2. The molecular weight excluding hydrogens is 270 g/mol. The predicted molar refractivity (Wildman–Crippen MR) is 59.6 cm³/mol. The van der Waals surface area contributed by atoms with Crippen LogP contribution >= 0.6 is 0 Å². The van der Waals surface area contributed by atoms with E-state index in [-0.39, 0.29) is 59.1 Å². The Hall–Kier alpha value is 0.900. The van der Waals surface area contributed by atoms with Gasteiger partial charge in [0.1, 0.15) is 0 Å². The number of carbonyl (C=O) groups excluding carboxylic acids is 2. The molecule has 0 saturated heterocycles. The number of hydrogen-bond donors (Lipinski definition) is 1. The largest absolute Gasteiger partial charge is 1.00 e. The van der Waals surface area contributed by atoms with Crippen LogP contribution in [0.2, 0.25) is 0 Å². The average Bonchev–Trinajstić information content (AvgIpc) is 2.22. The van der Waals surface area contributed by atoms with E-state index in [2.05, 4.69) is 13.8 Å². The van der Waals surface area contributed by atoms with Crippen LogP contribution in [-0.2, 0) is 9.59 Å². The van der Waals surface area contributed by atoms with Gasteiger partial charge in [-0.25, -0.2) is 0 Å². The second kappa shape index (κ2) is 21.2. The molecule has 0 aliphatic rings. The molecule has 0 heterocycles. The summed E-state index contributed by atoms with van der Waals surface area (Å²) in [7, 11) is 0. The van der Waals surface area contributed by atoms with E-state index in [0.29, 0.717) is 6.61 Å². The smallest absolute Gasteiger partial charge is 0.550 e. The summed E-state index contributed by atoms with van der Waals surface area (Å²) in [6.45, 7) is 4.83. The first-order valence-electron chi connectivity index (χ1n) is 5.90. The van der Waals surface area contributed by atoms with Crippen LogP contribution < -0.4 is 69.3 Å². The summed E-state index contributed by atoms with van der Waals surface area (Å²) in [6, 6.07) is 0. The summed E-state index contributed by atoms with van der Waals surface area (Å²) in [5.41, 5.74) is 0. The molecule has 0 spiro atoms. The zero-order chi connectivity index (χ0) is 13.7.